The van der Waals surface area contributed by atoms with Crippen molar-refractivity contribution < 1.29 is 35.5 Å². The van der Waals surface area contributed by atoms with Crippen LogP contribution in [0, 0.1) is 11.7 Å². The second-order valence-electron chi connectivity index (χ2n) is 9.11. The number of carbonyl (C=O) groups is 1. The lowest BCUT2D eigenvalue weighted by Crippen LogP contribution is -2.43. The van der Waals surface area contributed by atoms with E-state index < -0.39 is 50.4 Å². The minimum Gasteiger partial charge on any atom is -0.493 e. The van der Waals surface area contributed by atoms with Gasteiger partial charge in [0.25, 0.3) is 15.9 Å². The van der Waals surface area contributed by atoms with Gasteiger partial charge >= 0.3 is 6.18 Å². The molecule has 14 heteroatoms. The zero-order valence-electron chi connectivity index (χ0n) is 21.5. The topological polar surface area (TPSA) is 128 Å². The summed E-state index contributed by atoms with van der Waals surface area (Å²) >= 11 is 0. The van der Waals surface area contributed by atoms with Gasteiger partial charge in [-0.25, -0.2) is 19.1 Å². The van der Waals surface area contributed by atoms with Crippen LogP contribution in [0.25, 0.3) is 11.3 Å². The third kappa shape index (κ3) is 7.34. The molecule has 0 radical (unpaired) electrons. The van der Waals surface area contributed by atoms with E-state index in [2.05, 4.69) is 9.97 Å². The second kappa shape index (κ2) is 11.4. The first-order valence-electron chi connectivity index (χ1n) is 11.6. The molecule has 0 saturated carbocycles. The van der Waals surface area contributed by atoms with Gasteiger partial charge < -0.3 is 15.4 Å². The molecule has 3 rings (SSSR count). The zero-order valence-corrected chi connectivity index (χ0v) is 22.3. The van der Waals surface area contributed by atoms with Crippen LogP contribution in [-0.4, -0.2) is 50.2 Å². The van der Waals surface area contributed by atoms with Crippen LogP contribution in [0.2, 0.25) is 0 Å². The van der Waals surface area contributed by atoms with E-state index in [0.29, 0.717) is 11.5 Å². The van der Waals surface area contributed by atoms with E-state index in [4.69, 9.17) is 10.5 Å². The SMILES string of the molecule is CC(C)COc1cc(F)cc(-c2ccc(C(=O)NS(=O)(=O)c3cccc(N)n3)c(N(C)[C@H](C)C(F)(F)F)n2)c1. The van der Waals surface area contributed by atoms with Gasteiger partial charge in [0.2, 0.25) is 0 Å². The molecule has 3 aromatic rings. The molecule has 2 aromatic heterocycles. The number of hydrogen-bond acceptors (Lipinski definition) is 8. The van der Waals surface area contributed by atoms with Gasteiger partial charge in [-0.2, -0.15) is 21.6 Å². The average Bonchev–Trinajstić information content (AvgIpc) is 2.85. The summed E-state index contributed by atoms with van der Waals surface area (Å²) in [5, 5.41) is -0.562. The van der Waals surface area contributed by atoms with Crippen molar-refractivity contribution in [2.75, 3.05) is 24.3 Å². The monoisotopic (exact) mass is 569 g/mol. The molecular formula is C25H27F4N5O4S. The van der Waals surface area contributed by atoms with E-state index in [1.165, 1.54) is 24.3 Å². The summed E-state index contributed by atoms with van der Waals surface area (Å²) in [4.78, 5) is 21.6. The lowest BCUT2D eigenvalue weighted by Gasteiger charge is -2.29. The van der Waals surface area contributed by atoms with Gasteiger partial charge in [0, 0.05) is 18.7 Å². The van der Waals surface area contributed by atoms with Crippen LogP contribution in [0.3, 0.4) is 0 Å². The third-order valence-electron chi connectivity index (χ3n) is 5.51. The van der Waals surface area contributed by atoms with Gasteiger partial charge in [0.05, 0.1) is 17.9 Å². The van der Waals surface area contributed by atoms with Crippen molar-refractivity contribution >= 4 is 27.6 Å². The fraction of sp³-hybridized carbons (Fsp3) is 0.320. The molecule has 0 saturated heterocycles. The van der Waals surface area contributed by atoms with Gasteiger partial charge in [-0.15, -0.1) is 0 Å². The number of hydrogen-bond donors (Lipinski definition) is 2. The van der Waals surface area contributed by atoms with Crippen molar-refractivity contribution in [1.29, 1.82) is 0 Å². The Balaban J connectivity index is 2.08. The second-order valence-corrected chi connectivity index (χ2v) is 10.7. The normalized spacial score (nSPS) is 12.7. The third-order valence-corrected chi connectivity index (χ3v) is 6.74. The van der Waals surface area contributed by atoms with Crippen molar-refractivity contribution in [3.63, 3.8) is 0 Å². The summed E-state index contributed by atoms with van der Waals surface area (Å²) in [6.07, 6.45) is -4.71. The maximum absolute atomic E-state index is 14.4. The first-order valence-corrected chi connectivity index (χ1v) is 13.1. The molecule has 0 unspecified atom stereocenters. The number of pyridine rings is 2. The summed E-state index contributed by atoms with van der Waals surface area (Å²) < 4.78 is 87.8. The van der Waals surface area contributed by atoms with Crippen LogP contribution >= 0.6 is 0 Å². The van der Waals surface area contributed by atoms with Gasteiger partial charge in [0.15, 0.2) is 5.03 Å². The molecule has 9 nitrogen and oxygen atoms in total. The van der Waals surface area contributed by atoms with E-state index in [1.807, 2.05) is 13.8 Å². The number of nitrogens with zero attached hydrogens (tertiary/aromatic N) is 3. The van der Waals surface area contributed by atoms with Gasteiger partial charge in [-0.3, -0.25) is 4.79 Å². The molecule has 0 spiro atoms. The van der Waals surface area contributed by atoms with Crippen LogP contribution in [0.1, 0.15) is 31.1 Å². The molecule has 0 fully saturated rings. The molecule has 1 atom stereocenters. The Morgan fingerprint density at radius 2 is 1.79 bits per heavy atom. The molecule has 1 aromatic carbocycles. The lowest BCUT2D eigenvalue weighted by atomic mass is 10.1. The minimum atomic E-state index is -4.71. The van der Waals surface area contributed by atoms with Crippen molar-refractivity contribution in [3.05, 3.63) is 59.9 Å². The average molecular weight is 570 g/mol. The summed E-state index contributed by atoms with van der Waals surface area (Å²) in [6, 6.07) is 7.71. The highest BCUT2D eigenvalue weighted by atomic mass is 32.2. The molecule has 0 aliphatic rings. The van der Waals surface area contributed by atoms with Crippen LogP contribution in [0.5, 0.6) is 5.75 Å². The molecule has 0 aliphatic carbocycles. The molecular weight excluding hydrogens is 542 g/mol. The van der Waals surface area contributed by atoms with E-state index in [1.54, 1.807) is 4.72 Å². The van der Waals surface area contributed by atoms with E-state index in [-0.39, 0.29) is 28.7 Å². The Labute approximate surface area is 223 Å². The maximum atomic E-state index is 14.4. The number of benzene rings is 1. The zero-order chi connectivity index (χ0) is 29.1. The summed E-state index contributed by atoms with van der Waals surface area (Å²) in [7, 11) is -3.48. The predicted molar refractivity (Wildman–Crippen MR) is 137 cm³/mol. The standard InChI is InChI=1S/C25H27F4N5O4S/c1-14(2)13-38-18-11-16(10-17(26)12-18)20-9-8-19(23(31-20)34(4)15(3)25(27,28)29)24(35)33-39(36,37)22-7-5-6-21(30)32-22/h5-12,14-15H,13H2,1-4H3,(H2,30,32)(H,33,35)/t15-/m1/s1. The van der Waals surface area contributed by atoms with Crippen LogP contribution in [-0.2, 0) is 10.0 Å². The summed E-state index contributed by atoms with van der Waals surface area (Å²) in [5.74, 6) is -2.21. The number of nitrogens with one attached hydrogen (secondary N) is 1. The smallest absolute Gasteiger partial charge is 0.408 e. The predicted octanol–water partition coefficient (Wildman–Crippen LogP) is 4.41. The number of aromatic nitrogens is 2. The Morgan fingerprint density at radius 1 is 1.10 bits per heavy atom. The minimum absolute atomic E-state index is 0.0250. The number of nitrogens with two attached hydrogens (primary N) is 1. The summed E-state index contributed by atoms with van der Waals surface area (Å²) in [6.45, 7) is 4.95. The van der Waals surface area contributed by atoms with Crippen molar-refractivity contribution in [2.45, 2.75) is 38.0 Å². The van der Waals surface area contributed by atoms with E-state index in [9.17, 15) is 30.8 Å². The number of carbonyl (C=O) groups excluding carboxylic acids is 1. The molecule has 2 heterocycles. The molecule has 0 bridgehead atoms. The van der Waals surface area contributed by atoms with Gasteiger partial charge in [-0.05, 0) is 49.2 Å². The van der Waals surface area contributed by atoms with Crippen molar-refractivity contribution in [3.8, 4) is 17.0 Å². The number of nitrogen functional groups attached to an aromatic ring is 1. The number of halogens is 4. The summed E-state index contributed by atoms with van der Waals surface area (Å²) in [5.41, 5.74) is 5.24. The highest BCUT2D eigenvalue weighted by molar-refractivity contribution is 7.90. The number of alkyl halides is 3. The first-order chi connectivity index (χ1) is 18.1. The Hall–Kier alpha value is -3.94. The molecule has 0 aliphatic heterocycles. The molecule has 39 heavy (non-hydrogen) atoms. The Bertz CT molecular complexity index is 1470. The Kier molecular flexibility index (Phi) is 8.68. The van der Waals surface area contributed by atoms with Crippen molar-refractivity contribution in [2.24, 2.45) is 5.92 Å². The van der Waals surface area contributed by atoms with Crippen LogP contribution < -0.4 is 20.1 Å². The number of anilines is 2. The van der Waals surface area contributed by atoms with Gasteiger partial charge in [0.1, 0.15) is 29.2 Å². The molecule has 3 N–H and O–H groups in total. The van der Waals surface area contributed by atoms with Crippen LogP contribution in [0.4, 0.5) is 29.2 Å². The number of rotatable bonds is 9. The molecule has 1 amide bonds. The molecule has 210 valence electrons. The largest absolute Gasteiger partial charge is 0.493 e. The van der Waals surface area contributed by atoms with Crippen molar-refractivity contribution in [1.82, 2.24) is 14.7 Å². The highest BCUT2D eigenvalue weighted by Gasteiger charge is 2.40. The number of ether oxygens (including phenoxy) is 1. The number of sulfonamides is 1. The van der Waals surface area contributed by atoms with E-state index >= 15 is 0 Å². The Morgan fingerprint density at radius 3 is 2.41 bits per heavy atom. The maximum Gasteiger partial charge on any atom is 0.408 e. The number of amides is 1. The quantitative estimate of drug-likeness (QED) is 0.363. The lowest BCUT2D eigenvalue weighted by molar-refractivity contribution is -0.144. The highest BCUT2D eigenvalue weighted by Crippen LogP contribution is 2.32. The fourth-order valence-electron chi connectivity index (χ4n) is 3.32. The van der Waals surface area contributed by atoms with E-state index in [0.717, 1.165) is 38.2 Å². The van der Waals surface area contributed by atoms with Gasteiger partial charge in [-0.1, -0.05) is 19.9 Å². The fourth-order valence-corrected chi connectivity index (χ4v) is 4.27. The van der Waals surface area contributed by atoms with Crippen LogP contribution in [0.15, 0.2) is 53.6 Å². The first kappa shape index (κ1) is 29.6.